The van der Waals surface area contributed by atoms with Crippen LogP contribution in [-0.2, 0) is 0 Å². The molecular formula is C11H6Br2FN3O. The van der Waals surface area contributed by atoms with Crippen molar-refractivity contribution in [3.63, 3.8) is 0 Å². The zero-order valence-corrected chi connectivity index (χ0v) is 12.0. The number of amides is 1. The van der Waals surface area contributed by atoms with Crippen LogP contribution in [0.2, 0.25) is 0 Å². The van der Waals surface area contributed by atoms with Crippen molar-refractivity contribution in [2.24, 2.45) is 0 Å². The lowest BCUT2D eigenvalue weighted by atomic mass is 10.2. The van der Waals surface area contributed by atoms with Gasteiger partial charge >= 0.3 is 0 Å². The predicted molar refractivity (Wildman–Crippen MR) is 71.8 cm³/mol. The Morgan fingerprint density at radius 3 is 2.61 bits per heavy atom. The Labute approximate surface area is 119 Å². The molecule has 0 spiro atoms. The highest BCUT2D eigenvalue weighted by Crippen LogP contribution is 2.16. The van der Waals surface area contributed by atoms with Crippen LogP contribution in [-0.4, -0.2) is 15.9 Å². The van der Waals surface area contributed by atoms with Gasteiger partial charge in [-0.3, -0.25) is 4.79 Å². The van der Waals surface area contributed by atoms with Crippen molar-refractivity contribution < 1.29 is 9.18 Å². The molecular weight excluding hydrogens is 369 g/mol. The van der Waals surface area contributed by atoms with Crippen molar-refractivity contribution in [2.75, 3.05) is 5.32 Å². The highest BCUT2D eigenvalue weighted by Gasteiger charge is 2.12. The Morgan fingerprint density at radius 1 is 1.22 bits per heavy atom. The largest absolute Gasteiger partial charge is 0.305 e. The Balaban J connectivity index is 2.19. The number of anilines is 1. The van der Waals surface area contributed by atoms with Crippen molar-refractivity contribution in [3.05, 3.63) is 51.0 Å². The van der Waals surface area contributed by atoms with Crippen LogP contribution in [0.15, 0.2) is 39.7 Å². The summed E-state index contributed by atoms with van der Waals surface area (Å²) in [5.41, 5.74) is -0.0529. The molecule has 0 aliphatic heterocycles. The van der Waals surface area contributed by atoms with Crippen LogP contribution in [0.5, 0.6) is 0 Å². The van der Waals surface area contributed by atoms with Gasteiger partial charge in [0.1, 0.15) is 10.4 Å². The molecule has 0 aliphatic carbocycles. The molecule has 0 radical (unpaired) electrons. The SMILES string of the molecule is O=C(Nc1cnc(Br)cn1)c1ccc(Br)cc1F. The van der Waals surface area contributed by atoms with Gasteiger partial charge in [-0.05, 0) is 34.1 Å². The van der Waals surface area contributed by atoms with E-state index in [0.717, 1.165) is 0 Å². The highest BCUT2D eigenvalue weighted by molar-refractivity contribution is 9.10. The zero-order chi connectivity index (χ0) is 13.1. The minimum Gasteiger partial charge on any atom is -0.305 e. The second-order valence-corrected chi connectivity index (χ2v) is 5.03. The summed E-state index contributed by atoms with van der Waals surface area (Å²) in [6, 6.07) is 4.20. The fraction of sp³-hybridized carbons (Fsp3) is 0. The molecule has 0 bridgehead atoms. The number of carbonyl (C=O) groups is 1. The summed E-state index contributed by atoms with van der Waals surface area (Å²) in [7, 11) is 0. The normalized spacial score (nSPS) is 10.2. The van der Waals surface area contributed by atoms with E-state index in [0.29, 0.717) is 9.08 Å². The fourth-order valence-corrected chi connectivity index (χ4v) is 1.77. The second kappa shape index (κ2) is 5.53. The van der Waals surface area contributed by atoms with Gasteiger partial charge in [-0.1, -0.05) is 15.9 Å². The van der Waals surface area contributed by atoms with Crippen LogP contribution in [0.1, 0.15) is 10.4 Å². The average Bonchev–Trinajstić information content (AvgIpc) is 2.32. The van der Waals surface area contributed by atoms with Crippen LogP contribution >= 0.6 is 31.9 Å². The van der Waals surface area contributed by atoms with Crippen LogP contribution in [0, 0.1) is 5.82 Å². The Morgan fingerprint density at radius 2 is 2.00 bits per heavy atom. The van der Waals surface area contributed by atoms with Gasteiger partial charge in [0.05, 0.1) is 18.0 Å². The van der Waals surface area contributed by atoms with E-state index in [4.69, 9.17) is 0 Å². The van der Waals surface area contributed by atoms with Gasteiger partial charge in [-0.2, -0.15) is 0 Å². The van der Waals surface area contributed by atoms with Gasteiger partial charge in [0.25, 0.3) is 5.91 Å². The number of hydrogen-bond acceptors (Lipinski definition) is 3. The van der Waals surface area contributed by atoms with Crippen molar-refractivity contribution in [1.29, 1.82) is 0 Å². The number of benzene rings is 1. The standard InChI is InChI=1S/C11H6Br2FN3O/c12-6-1-2-7(8(14)3-6)11(18)17-10-5-15-9(13)4-16-10/h1-5H,(H,16,17,18). The Hall–Kier alpha value is -1.34. The summed E-state index contributed by atoms with van der Waals surface area (Å²) >= 11 is 6.25. The molecule has 0 saturated carbocycles. The third-order valence-electron chi connectivity index (χ3n) is 2.04. The number of halogens is 3. The maximum Gasteiger partial charge on any atom is 0.259 e. The first-order valence-corrected chi connectivity index (χ1v) is 6.39. The number of hydrogen-bond donors (Lipinski definition) is 1. The van der Waals surface area contributed by atoms with Crippen LogP contribution in [0.3, 0.4) is 0 Å². The smallest absolute Gasteiger partial charge is 0.259 e. The molecule has 4 nitrogen and oxygen atoms in total. The lowest BCUT2D eigenvalue weighted by Crippen LogP contribution is -2.14. The van der Waals surface area contributed by atoms with E-state index in [1.165, 1.54) is 24.5 Å². The van der Waals surface area contributed by atoms with Crippen LogP contribution in [0.25, 0.3) is 0 Å². The van der Waals surface area contributed by atoms with E-state index in [9.17, 15) is 9.18 Å². The maximum absolute atomic E-state index is 13.5. The van der Waals surface area contributed by atoms with E-state index in [-0.39, 0.29) is 11.4 Å². The number of nitrogens with zero attached hydrogens (tertiary/aromatic N) is 2. The van der Waals surface area contributed by atoms with E-state index in [1.54, 1.807) is 6.07 Å². The molecule has 1 heterocycles. The minimum absolute atomic E-state index is 0.0529. The molecule has 1 N–H and O–H groups in total. The van der Waals surface area contributed by atoms with Gasteiger partial charge < -0.3 is 5.32 Å². The van der Waals surface area contributed by atoms with Gasteiger partial charge in [0, 0.05) is 4.47 Å². The summed E-state index contributed by atoms with van der Waals surface area (Å²) in [6.45, 7) is 0. The van der Waals surface area contributed by atoms with Crippen LogP contribution < -0.4 is 5.32 Å². The van der Waals surface area contributed by atoms with Crippen LogP contribution in [0.4, 0.5) is 10.2 Å². The molecule has 92 valence electrons. The average molecular weight is 375 g/mol. The van der Waals surface area contributed by atoms with Gasteiger partial charge in [-0.25, -0.2) is 14.4 Å². The zero-order valence-electron chi connectivity index (χ0n) is 8.82. The second-order valence-electron chi connectivity index (χ2n) is 3.30. The molecule has 1 amide bonds. The minimum atomic E-state index is -0.605. The molecule has 2 aromatic rings. The van der Waals surface area contributed by atoms with Gasteiger partial charge in [0.15, 0.2) is 5.82 Å². The number of aromatic nitrogens is 2. The molecule has 0 atom stereocenters. The molecule has 0 unspecified atom stereocenters. The van der Waals surface area contributed by atoms with Crippen molar-refractivity contribution >= 4 is 43.6 Å². The molecule has 0 fully saturated rings. The molecule has 7 heteroatoms. The third kappa shape index (κ3) is 3.11. The van der Waals surface area contributed by atoms with E-state index in [1.807, 2.05) is 0 Å². The molecule has 0 aliphatic rings. The Kier molecular flexibility index (Phi) is 4.03. The van der Waals surface area contributed by atoms with E-state index in [2.05, 4.69) is 47.1 Å². The first-order valence-electron chi connectivity index (χ1n) is 4.80. The van der Waals surface area contributed by atoms with Gasteiger partial charge in [-0.15, -0.1) is 0 Å². The summed E-state index contributed by atoms with van der Waals surface area (Å²) in [4.78, 5) is 19.6. The van der Waals surface area contributed by atoms with Crippen molar-refractivity contribution in [3.8, 4) is 0 Å². The Bertz CT molecular complexity index is 589. The van der Waals surface area contributed by atoms with E-state index >= 15 is 0 Å². The number of nitrogens with one attached hydrogen (secondary N) is 1. The maximum atomic E-state index is 13.5. The van der Waals surface area contributed by atoms with Gasteiger partial charge in [0.2, 0.25) is 0 Å². The summed E-state index contributed by atoms with van der Waals surface area (Å²) in [5, 5.41) is 2.46. The fourth-order valence-electron chi connectivity index (χ4n) is 1.23. The third-order valence-corrected chi connectivity index (χ3v) is 2.94. The van der Waals surface area contributed by atoms with E-state index < -0.39 is 11.7 Å². The topological polar surface area (TPSA) is 54.9 Å². The molecule has 1 aromatic carbocycles. The quantitative estimate of drug-likeness (QED) is 0.876. The number of carbonyl (C=O) groups excluding carboxylic acids is 1. The lowest BCUT2D eigenvalue weighted by Gasteiger charge is -2.05. The van der Waals surface area contributed by atoms with Crippen molar-refractivity contribution in [2.45, 2.75) is 0 Å². The summed E-state index contributed by atoms with van der Waals surface area (Å²) in [5.74, 6) is -0.922. The lowest BCUT2D eigenvalue weighted by molar-refractivity contribution is 0.102. The highest BCUT2D eigenvalue weighted by atomic mass is 79.9. The summed E-state index contributed by atoms with van der Waals surface area (Å²) in [6.07, 6.45) is 2.81. The predicted octanol–water partition coefficient (Wildman–Crippen LogP) is 3.39. The first kappa shape index (κ1) is 13.1. The molecule has 2 rings (SSSR count). The number of rotatable bonds is 2. The molecule has 18 heavy (non-hydrogen) atoms. The first-order chi connectivity index (χ1) is 8.56. The molecule has 0 saturated heterocycles. The molecule has 1 aromatic heterocycles. The summed E-state index contributed by atoms with van der Waals surface area (Å²) < 4.78 is 14.7. The monoisotopic (exact) mass is 373 g/mol. The van der Waals surface area contributed by atoms with Crippen molar-refractivity contribution in [1.82, 2.24) is 9.97 Å².